The van der Waals surface area contributed by atoms with E-state index in [4.69, 9.17) is 13.7 Å². The second-order valence-electron chi connectivity index (χ2n) is 8.03. The van der Waals surface area contributed by atoms with Crippen molar-refractivity contribution < 1.29 is 31.3 Å². The first kappa shape index (κ1) is 24.3. The first-order valence-corrected chi connectivity index (χ1v) is 12.4. The predicted molar refractivity (Wildman–Crippen MR) is 129 cm³/mol. The summed E-state index contributed by atoms with van der Waals surface area (Å²) in [6.45, 7) is 3.59. The van der Waals surface area contributed by atoms with Crippen LogP contribution in [-0.4, -0.2) is 39.8 Å². The average molecular weight is 502 g/mol. The van der Waals surface area contributed by atoms with Crippen LogP contribution in [0.4, 0.5) is 10.1 Å². The molecule has 9 nitrogen and oxygen atoms in total. The van der Waals surface area contributed by atoms with E-state index in [1.54, 1.807) is 19.9 Å². The molecule has 0 saturated carbocycles. The van der Waals surface area contributed by atoms with E-state index >= 15 is 0 Å². The van der Waals surface area contributed by atoms with Gasteiger partial charge < -0.3 is 19.0 Å². The Kier molecular flexibility index (Phi) is 6.28. The van der Waals surface area contributed by atoms with E-state index in [0.717, 1.165) is 16.1 Å². The van der Waals surface area contributed by atoms with Gasteiger partial charge in [0.15, 0.2) is 0 Å². The normalized spacial score (nSPS) is 11.6. The summed E-state index contributed by atoms with van der Waals surface area (Å²) in [4.78, 5) is 12.9. The molecule has 0 spiro atoms. The minimum atomic E-state index is -3.66. The largest absolute Gasteiger partial charge is 0.486 e. The molecule has 2 aromatic heterocycles. The highest BCUT2D eigenvalue weighted by molar-refractivity contribution is 7.92. The van der Waals surface area contributed by atoms with E-state index in [0.29, 0.717) is 22.4 Å². The second kappa shape index (κ2) is 9.06. The fourth-order valence-electron chi connectivity index (χ4n) is 3.67. The summed E-state index contributed by atoms with van der Waals surface area (Å²) < 4.78 is 56.5. The number of amides is 1. The van der Waals surface area contributed by atoms with E-state index in [9.17, 15) is 17.6 Å². The zero-order valence-electron chi connectivity index (χ0n) is 19.8. The molecular weight excluding hydrogens is 477 g/mol. The highest BCUT2D eigenvalue weighted by atomic mass is 32.2. The highest BCUT2D eigenvalue weighted by Crippen LogP contribution is 2.41. The topological polar surface area (TPSA) is 115 Å². The first-order chi connectivity index (χ1) is 16.5. The van der Waals surface area contributed by atoms with Crippen LogP contribution in [0.5, 0.6) is 5.75 Å². The van der Waals surface area contributed by atoms with E-state index < -0.39 is 21.7 Å². The number of rotatable bonds is 7. The molecule has 1 amide bonds. The highest BCUT2D eigenvalue weighted by Gasteiger charge is 2.26. The minimum absolute atomic E-state index is 0.0647. The monoisotopic (exact) mass is 501 g/mol. The van der Waals surface area contributed by atoms with Gasteiger partial charge in [0.2, 0.25) is 10.0 Å². The summed E-state index contributed by atoms with van der Waals surface area (Å²) in [5.74, 6) is 0.147. The number of halogens is 1. The third-order valence-corrected chi connectivity index (χ3v) is 6.91. The van der Waals surface area contributed by atoms with Crippen molar-refractivity contribution in [1.29, 1.82) is 0 Å². The molecule has 184 valence electrons. The maximum atomic E-state index is 13.5. The number of benzene rings is 2. The van der Waals surface area contributed by atoms with Crippen LogP contribution in [0.15, 0.2) is 45.3 Å². The molecule has 2 heterocycles. The number of sulfonamides is 1. The van der Waals surface area contributed by atoms with Gasteiger partial charge in [0.25, 0.3) is 5.91 Å². The summed E-state index contributed by atoms with van der Waals surface area (Å²) in [5, 5.41) is 6.91. The number of aromatic nitrogens is 1. The zero-order chi connectivity index (χ0) is 25.5. The van der Waals surface area contributed by atoms with Crippen molar-refractivity contribution in [3.63, 3.8) is 0 Å². The van der Waals surface area contributed by atoms with Crippen molar-refractivity contribution in [3.05, 3.63) is 64.8 Å². The van der Waals surface area contributed by atoms with Crippen LogP contribution in [0.3, 0.4) is 0 Å². The van der Waals surface area contributed by atoms with Gasteiger partial charge in [-0.2, -0.15) is 0 Å². The fourth-order valence-corrected chi connectivity index (χ4v) is 4.17. The van der Waals surface area contributed by atoms with Crippen LogP contribution < -0.4 is 14.4 Å². The molecule has 0 atom stereocenters. The van der Waals surface area contributed by atoms with Gasteiger partial charge in [0.05, 0.1) is 28.8 Å². The van der Waals surface area contributed by atoms with Crippen LogP contribution in [0, 0.1) is 19.7 Å². The van der Waals surface area contributed by atoms with E-state index in [1.165, 1.54) is 44.4 Å². The van der Waals surface area contributed by atoms with Crippen LogP contribution in [0.2, 0.25) is 0 Å². The van der Waals surface area contributed by atoms with Gasteiger partial charge in [-0.3, -0.25) is 9.10 Å². The zero-order valence-corrected chi connectivity index (χ0v) is 20.6. The Labute approximate surface area is 201 Å². The fraction of sp³-hybridized carbons (Fsp3) is 0.250. The van der Waals surface area contributed by atoms with Crippen molar-refractivity contribution in [2.45, 2.75) is 20.5 Å². The molecule has 4 rings (SSSR count). The Balaban J connectivity index is 1.93. The Morgan fingerprint density at radius 2 is 1.89 bits per heavy atom. The molecule has 0 aliphatic heterocycles. The molecule has 1 N–H and O–H groups in total. The van der Waals surface area contributed by atoms with Gasteiger partial charge in [0, 0.05) is 31.1 Å². The number of furan rings is 1. The minimum Gasteiger partial charge on any atom is -0.486 e. The van der Waals surface area contributed by atoms with Gasteiger partial charge in [-0.05, 0) is 44.2 Å². The number of aryl methyl sites for hydroxylation is 2. The second-order valence-corrected chi connectivity index (χ2v) is 10.0. The average Bonchev–Trinajstić information content (AvgIpc) is 3.34. The van der Waals surface area contributed by atoms with Gasteiger partial charge >= 0.3 is 0 Å². The number of hydrogen-bond acceptors (Lipinski definition) is 7. The van der Waals surface area contributed by atoms with Crippen molar-refractivity contribution >= 4 is 32.6 Å². The van der Waals surface area contributed by atoms with Crippen molar-refractivity contribution in [2.75, 3.05) is 24.7 Å². The quantitative estimate of drug-likeness (QED) is 0.404. The summed E-state index contributed by atoms with van der Waals surface area (Å²) >= 11 is 0. The number of fused-ring (bicyclic) bond motifs is 1. The summed E-state index contributed by atoms with van der Waals surface area (Å²) in [5.41, 5.74) is 2.55. The lowest BCUT2D eigenvalue weighted by molar-refractivity contribution is 0.0964. The first-order valence-electron chi connectivity index (χ1n) is 10.6. The molecule has 35 heavy (non-hydrogen) atoms. The number of nitrogens with zero attached hydrogens (tertiary/aromatic N) is 2. The Hall–Kier alpha value is -3.86. The third kappa shape index (κ3) is 4.59. The van der Waals surface area contributed by atoms with Crippen LogP contribution in [0.25, 0.3) is 22.3 Å². The molecule has 0 saturated heterocycles. The Morgan fingerprint density at radius 3 is 2.46 bits per heavy atom. The van der Waals surface area contributed by atoms with E-state index in [1.807, 2.05) is 0 Å². The van der Waals surface area contributed by atoms with E-state index in [2.05, 4.69) is 10.5 Å². The summed E-state index contributed by atoms with van der Waals surface area (Å²) in [6, 6.07) is 8.58. The van der Waals surface area contributed by atoms with Crippen LogP contribution in [0.1, 0.15) is 27.4 Å². The number of carbonyl (C=O) groups is 1. The predicted octanol–water partition coefficient (Wildman–Crippen LogP) is 4.18. The molecule has 0 fully saturated rings. The Morgan fingerprint density at radius 1 is 1.20 bits per heavy atom. The SMILES string of the molecule is CNC(=O)c1c(-c2ccc(F)cc2)oc2cc(N(C)S(C)(=O)=O)c(OCc3c(C)noc3C)cc12. The number of hydrogen-bond donors (Lipinski definition) is 1. The molecule has 2 aromatic carbocycles. The molecular formula is C24H24FN3O6S. The molecule has 0 aliphatic rings. The molecule has 0 aliphatic carbocycles. The Bertz CT molecular complexity index is 1500. The molecule has 0 radical (unpaired) electrons. The van der Waals surface area contributed by atoms with E-state index in [-0.39, 0.29) is 35.0 Å². The molecule has 4 aromatic rings. The maximum Gasteiger partial charge on any atom is 0.255 e. The van der Waals surface area contributed by atoms with Crippen molar-refractivity contribution in [1.82, 2.24) is 10.5 Å². The van der Waals surface area contributed by atoms with Gasteiger partial charge in [-0.1, -0.05) is 5.16 Å². The lowest BCUT2D eigenvalue weighted by atomic mass is 10.0. The summed E-state index contributed by atoms with van der Waals surface area (Å²) in [6.07, 6.45) is 1.07. The number of nitrogens with one attached hydrogen (secondary N) is 1. The summed E-state index contributed by atoms with van der Waals surface area (Å²) in [7, 11) is -0.783. The molecule has 0 unspecified atom stereocenters. The standard InChI is InChI=1S/C24H24FN3O6S/c1-13-18(14(2)34-27-13)12-32-21-10-17-20(11-19(21)28(4)35(5,30)31)33-23(22(17)24(29)26-3)15-6-8-16(25)9-7-15/h6-11H,12H2,1-5H3,(H,26,29). The van der Waals surface area contributed by atoms with Gasteiger partial charge in [-0.25, -0.2) is 12.8 Å². The number of ether oxygens (including phenoxy) is 1. The molecule has 11 heteroatoms. The smallest absolute Gasteiger partial charge is 0.255 e. The number of anilines is 1. The maximum absolute atomic E-state index is 13.5. The van der Waals surface area contributed by atoms with Crippen molar-refractivity contribution in [2.24, 2.45) is 0 Å². The third-order valence-electron chi connectivity index (χ3n) is 5.72. The van der Waals surface area contributed by atoms with Crippen molar-refractivity contribution in [3.8, 4) is 17.1 Å². The lowest BCUT2D eigenvalue weighted by Crippen LogP contribution is -2.25. The number of carbonyl (C=O) groups excluding carboxylic acids is 1. The van der Waals surface area contributed by atoms with Crippen LogP contribution >= 0.6 is 0 Å². The lowest BCUT2D eigenvalue weighted by Gasteiger charge is -2.20. The molecule has 0 bridgehead atoms. The van der Waals surface area contributed by atoms with Gasteiger partial charge in [0.1, 0.15) is 35.3 Å². The van der Waals surface area contributed by atoms with Crippen LogP contribution in [-0.2, 0) is 16.6 Å². The van der Waals surface area contributed by atoms with Gasteiger partial charge in [-0.15, -0.1) is 0 Å².